The lowest BCUT2D eigenvalue weighted by Crippen LogP contribution is -2.27. The number of benzene rings is 1. The van der Waals surface area contributed by atoms with Crippen molar-refractivity contribution >= 4 is 22.5 Å². The van der Waals surface area contributed by atoms with Crippen LogP contribution in [0.1, 0.15) is 31.2 Å². The molecule has 0 saturated heterocycles. The topological polar surface area (TPSA) is 17.0 Å². The van der Waals surface area contributed by atoms with Gasteiger partial charge in [0.2, 0.25) is 0 Å². The zero-order chi connectivity index (χ0) is 13.2. The Balaban J connectivity index is 1.71. The molecule has 2 nitrogen and oxygen atoms in total. The number of nitrogens with zero attached hydrogens (tertiary/aromatic N) is 1. The van der Waals surface area contributed by atoms with Gasteiger partial charge in [-0.3, -0.25) is 0 Å². The van der Waals surface area contributed by atoms with Crippen LogP contribution >= 0.6 is 11.6 Å². The number of hydrogen-bond donors (Lipinski definition) is 1. The van der Waals surface area contributed by atoms with E-state index in [1.54, 1.807) is 0 Å². The van der Waals surface area contributed by atoms with Gasteiger partial charge in [0.25, 0.3) is 0 Å². The highest BCUT2D eigenvalue weighted by molar-refractivity contribution is 6.31. The average Bonchev–Trinajstić information content (AvgIpc) is 2.99. The van der Waals surface area contributed by atoms with E-state index in [2.05, 4.69) is 35.3 Å². The summed E-state index contributed by atoms with van der Waals surface area (Å²) in [6, 6.07) is 6.90. The molecule has 3 rings (SSSR count). The zero-order valence-corrected chi connectivity index (χ0v) is 12.2. The van der Waals surface area contributed by atoms with Crippen LogP contribution in [0.3, 0.4) is 0 Å². The smallest absolute Gasteiger partial charge is 0.0481 e. The summed E-state index contributed by atoms with van der Waals surface area (Å²) in [7, 11) is 2.10. The Morgan fingerprint density at radius 1 is 1.32 bits per heavy atom. The molecule has 1 aliphatic carbocycles. The van der Waals surface area contributed by atoms with Gasteiger partial charge in [0, 0.05) is 35.2 Å². The predicted molar refractivity (Wildman–Crippen MR) is 81.9 cm³/mol. The largest absolute Gasteiger partial charge is 0.350 e. The maximum atomic E-state index is 6.11. The van der Waals surface area contributed by atoms with Crippen LogP contribution in [0.25, 0.3) is 10.9 Å². The third-order valence-corrected chi connectivity index (χ3v) is 4.45. The molecule has 3 heteroatoms. The molecule has 1 aromatic heterocycles. The summed E-state index contributed by atoms with van der Waals surface area (Å²) in [6.07, 6.45) is 8.79. The molecule has 1 fully saturated rings. The predicted octanol–water partition coefficient (Wildman–Crippen LogP) is 3.91. The molecule has 0 spiro atoms. The van der Waals surface area contributed by atoms with Crippen molar-refractivity contribution in [2.75, 3.05) is 6.54 Å². The van der Waals surface area contributed by atoms with Gasteiger partial charge in [-0.1, -0.05) is 24.4 Å². The lowest BCUT2D eigenvalue weighted by Gasteiger charge is -2.10. The van der Waals surface area contributed by atoms with Crippen molar-refractivity contribution in [3.63, 3.8) is 0 Å². The summed E-state index contributed by atoms with van der Waals surface area (Å²) in [5.41, 5.74) is 2.66. The maximum absolute atomic E-state index is 6.11. The molecular weight excluding hydrogens is 256 g/mol. The highest BCUT2D eigenvalue weighted by atomic mass is 35.5. The van der Waals surface area contributed by atoms with E-state index in [-0.39, 0.29) is 0 Å². The summed E-state index contributed by atoms with van der Waals surface area (Å²) in [5.74, 6) is 0. The molecule has 2 aromatic rings. The van der Waals surface area contributed by atoms with E-state index < -0.39 is 0 Å². The Bertz CT molecular complexity index is 567. The Labute approximate surface area is 119 Å². The summed E-state index contributed by atoms with van der Waals surface area (Å²) in [4.78, 5) is 0. The Hall–Kier alpha value is -0.990. The molecule has 1 saturated carbocycles. The second-order valence-corrected chi connectivity index (χ2v) is 6.05. The molecule has 1 heterocycles. The Morgan fingerprint density at radius 2 is 2.11 bits per heavy atom. The minimum absolute atomic E-state index is 0.749. The third-order valence-electron chi connectivity index (χ3n) is 4.22. The molecule has 0 aliphatic heterocycles. The molecule has 0 radical (unpaired) electrons. The van der Waals surface area contributed by atoms with E-state index in [4.69, 9.17) is 11.6 Å². The first-order chi connectivity index (χ1) is 9.24. The van der Waals surface area contributed by atoms with Gasteiger partial charge in [-0.15, -0.1) is 0 Å². The van der Waals surface area contributed by atoms with Gasteiger partial charge in [-0.2, -0.15) is 0 Å². The van der Waals surface area contributed by atoms with Crippen molar-refractivity contribution in [1.82, 2.24) is 9.88 Å². The average molecular weight is 277 g/mol. The number of halogens is 1. The third kappa shape index (κ3) is 2.80. The van der Waals surface area contributed by atoms with Gasteiger partial charge in [-0.25, -0.2) is 0 Å². The van der Waals surface area contributed by atoms with Crippen LogP contribution in [0.15, 0.2) is 24.4 Å². The van der Waals surface area contributed by atoms with Crippen LogP contribution in [0.4, 0.5) is 0 Å². The van der Waals surface area contributed by atoms with E-state index in [1.807, 2.05) is 6.07 Å². The van der Waals surface area contributed by atoms with Crippen LogP contribution in [-0.4, -0.2) is 17.2 Å². The van der Waals surface area contributed by atoms with Crippen LogP contribution in [0, 0.1) is 0 Å². The van der Waals surface area contributed by atoms with Crippen molar-refractivity contribution in [3.8, 4) is 0 Å². The van der Waals surface area contributed by atoms with Crippen molar-refractivity contribution in [3.05, 3.63) is 35.0 Å². The van der Waals surface area contributed by atoms with Gasteiger partial charge in [-0.05, 0) is 49.6 Å². The fourth-order valence-electron chi connectivity index (χ4n) is 3.19. The van der Waals surface area contributed by atoms with E-state index in [9.17, 15) is 0 Å². The number of hydrogen-bond acceptors (Lipinski definition) is 1. The summed E-state index contributed by atoms with van der Waals surface area (Å²) in [5, 5.41) is 5.79. The highest BCUT2D eigenvalue weighted by Gasteiger charge is 2.14. The number of nitrogens with one attached hydrogen (secondary N) is 1. The number of aromatic nitrogens is 1. The molecular formula is C16H21ClN2. The first-order valence-corrected chi connectivity index (χ1v) is 7.58. The lowest BCUT2D eigenvalue weighted by molar-refractivity contribution is 0.528. The molecule has 0 unspecified atom stereocenters. The Morgan fingerprint density at radius 3 is 2.89 bits per heavy atom. The molecule has 0 atom stereocenters. The Kier molecular flexibility index (Phi) is 3.81. The van der Waals surface area contributed by atoms with Crippen LogP contribution in [0.5, 0.6) is 0 Å². The lowest BCUT2D eigenvalue weighted by atomic mass is 10.1. The number of rotatable bonds is 4. The van der Waals surface area contributed by atoms with Crippen LogP contribution in [0.2, 0.25) is 5.02 Å². The quantitative estimate of drug-likeness (QED) is 0.896. The molecule has 1 N–H and O–H groups in total. The van der Waals surface area contributed by atoms with E-state index in [1.165, 1.54) is 42.1 Å². The zero-order valence-electron chi connectivity index (χ0n) is 11.5. The molecule has 19 heavy (non-hydrogen) atoms. The van der Waals surface area contributed by atoms with Crippen molar-refractivity contribution < 1.29 is 0 Å². The van der Waals surface area contributed by atoms with E-state index >= 15 is 0 Å². The first kappa shape index (κ1) is 13.0. The standard InChI is InChI=1S/C16H21ClN2/c1-19-11-12(8-9-18-14-4-2-3-5-14)15-10-13(17)6-7-16(15)19/h6-7,10-11,14,18H,2-5,8-9H2,1H3. The molecule has 102 valence electrons. The second kappa shape index (κ2) is 5.56. The SMILES string of the molecule is Cn1cc(CCNC2CCCC2)c2cc(Cl)ccc21. The normalized spacial score (nSPS) is 16.5. The van der Waals surface area contributed by atoms with Gasteiger partial charge >= 0.3 is 0 Å². The van der Waals surface area contributed by atoms with Gasteiger partial charge in [0.1, 0.15) is 0 Å². The van der Waals surface area contributed by atoms with Gasteiger partial charge in [0.15, 0.2) is 0 Å². The molecule has 1 aliphatic rings. The molecule has 0 amide bonds. The van der Waals surface area contributed by atoms with E-state index in [0.29, 0.717) is 0 Å². The number of fused-ring (bicyclic) bond motifs is 1. The number of aryl methyl sites for hydroxylation is 1. The van der Waals surface area contributed by atoms with Crippen molar-refractivity contribution in [1.29, 1.82) is 0 Å². The second-order valence-electron chi connectivity index (χ2n) is 5.61. The molecule has 1 aromatic carbocycles. The summed E-state index contributed by atoms with van der Waals surface area (Å²) in [6.45, 7) is 1.07. The monoisotopic (exact) mass is 276 g/mol. The fraction of sp³-hybridized carbons (Fsp3) is 0.500. The summed E-state index contributed by atoms with van der Waals surface area (Å²) >= 11 is 6.11. The minimum atomic E-state index is 0.749. The molecule has 0 bridgehead atoms. The van der Waals surface area contributed by atoms with Crippen molar-refractivity contribution in [2.24, 2.45) is 7.05 Å². The van der Waals surface area contributed by atoms with Gasteiger partial charge < -0.3 is 9.88 Å². The van der Waals surface area contributed by atoms with Crippen molar-refractivity contribution in [2.45, 2.75) is 38.1 Å². The maximum Gasteiger partial charge on any atom is 0.0481 e. The fourth-order valence-corrected chi connectivity index (χ4v) is 3.36. The van der Waals surface area contributed by atoms with Gasteiger partial charge in [0.05, 0.1) is 0 Å². The highest BCUT2D eigenvalue weighted by Crippen LogP contribution is 2.24. The summed E-state index contributed by atoms with van der Waals surface area (Å²) < 4.78 is 2.19. The van der Waals surface area contributed by atoms with Crippen LogP contribution in [-0.2, 0) is 13.5 Å². The van der Waals surface area contributed by atoms with Crippen LogP contribution < -0.4 is 5.32 Å². The first-order valence-electron chi connectivity index (χ1n) is 7.21. The minimum Gasteiger partial charge on any atom is -0.350 e. The van der Waals surface area contributed by atoms with E-state index in [0.717, 1.165) is 24.0 Å².